The third-order valence-corrected chi connectivity index (χ3v) is 6.72. The summed E-state index contributed by atoms with van der Waals surface area (Å²) in [5, 5.41) is 0. The van der Waals surface area contributed by atoms with E-state index in [9.17, 15) is 9.59 Å². The number of hydrogen-bond donors (Lipinski definition) is 0. The molecule has 24 heavy (non-hydrogen) atoms. The number of allylic oxidation sites excluding steroid dienone is 1. The van der Waals surface area contributed by atoms with Crippen LogP contribution < -0.4 is 0 Å². The average molecular weight is 334 g/mol. The first kappa shape index (κ1) is 17.5. The van der Waals surface area contributed by atoms with Crippen LogP contribution in [0.1, 0.15) is 53.4 Å². The molecule has 7 atom stereocenters. The Labute approximate surface area is 145 Å². The largest absolute Gasteiger partial charge is 0.465 e. The van der Waals surface area contributed by atoms with Gasteiger partial charge >= 0.3 is 11.9 Å². The van der Waals surface area contributed by atoms with Crippen molar-refractivity contribution in [1.29, 1.82) is 0 Å². The van der Waals surface area contributed by atoms with Gasteiger partial charge in [-0.1, -0.05) is 20.8 Å². The minimum Gasteiger partial charge on any atom is -0.465 e. The molecule has 2 aliphatic heterocycles. The molecular formula is C20H30O4. The van der Waals surface area contributed by atoms with Gasteiger partial charge in [0.2, 0.25) is 0 Å². The Morgan fingerprint density at radius 3 is 2.21 bits per heavy atom. The lowest BCUT2D eigenvalue weighted by molar-refractivity contribution is -0.160. The van der Waals surface area contributed by atoms with Gasteiger partial charge in [-0.3, -0.25) is 9.59 Å². The molecule has 0 radical (unpaired) electrons. The fourth-order valence-corrected chi connectivity index (χ4v) is 5.14. The van der Waals surface area contributed by atoms with Crippen molar-refractivity contribution >= 4 is 11.9 Å². The quantitative estimate of drug-likeness (QED) is 0.629. The van der Waals surface area contributed by atoms with E-state index < -0.39 is 0 Å². The first-order valence-corrected chi connectivity index (χ1v) is 9.44. The van der Waals surface area contributed by atoms with Gasteiger partial charge in [-0.05, 0) is 67.8 Å². The van der Waals surface area contributed by atoms with Crippen molar-refractivity contribution in [3.05, 3.63) is 11.8 Å². The van der Waals surface area contributed by atoms with Crippen LogP contribution in [-0.2, 0) is 19.1 Å². The highest BCUT2D eigenvalue weighted by molar-refractivity contribution is 5.76. The predicted molar refractivity (Wildman–Crippen MR) is 90.7 cm³/mol. The summed E-state index contributed by atoms with van der Waals surface area (Å²) in [6.07, 6.45) is 6.37. The molecule has 0 aromatic rings. The van der Waals surface area contributed by atoms with E-state index in [4.69, 9.17) is 9.47 Å². The van der Waals surface area contributed by atoms with E-state index in [1.807, 2.05) is 0 Å². The zero-order valence-corrected chi connectivity index (χ0v) is 15.3. The highest BCUT2D eigenvalue weighted by Crippen LogP contribution is 2.44. The molecule has 0 spiro atoms. The number of fused-ring (bicyclic) bond motifs is 2. The van der Waals surface area contributed by atoms with Crippen LogP contribution >= 0.6 is 0 Å². The zero-order chi connectivity index (χ0) is 17.4. The summed E-state index contributed by atoms with van der Waals surface area (Å²) >= 11 is 0. The Kier molecular flexibility index (Phi) is 5.03. The lowest BCUT2D eigenvalue weighted by atomic mass is 9.81. The predicted octanol–water partition coefficient (Wildman–Crippen LogP) is 3.95. The van der Waals surface area contributed by atoms with Gasteiger partial charge in [-0.2, -0.15) is 0 Å². The zero-order valence-electron chi connectivity index (χ0n) is 15.3. The van der Waals surface area contributed by atoms with Gasteiger partial charge in [0.15, 0.2) is 0 Å². The average Bonchev–Trinajstić information content (AvgIpc) is 3.13. The van der Waals surface area contributed by atoms with Crippen molar-refractivity contribution < 1.29 is 19.1 Å². The smallest absolute Gasteiger partial charge is 0.314 e. The Morgan fingerprint density at radius 1 is 0.875 bits per heavy atom. The first-order valence-electron chi connectivity index (χ1n) is 9.44. The number of carbonyl (C=O) groups excluding carboxylic acids is 2. The number of esters is 2. The highest BCUT2D eigenvalue weighted by atomic mass is 16.5. The molecule has 4 rings (SSSR count). The van der Waals surface area contributed by atoms with Gasteiger partial charge in [0.05, 0.1) is 24.7 Å². The molecule has 4 nitrogen and oxygen atoms in total. The summed E-state index contributed by atoms with van der Waals surface area (Å²) in [7, 11) is 0. The Bertz CT molecular complexity index is 538. The van der Waals surface area contributed by atoms with Crippen molar-refractivity contribution in [1.82, 2.24) is 0 Å². The fraction of sp³-hybridized carbons (Fsp3) is 0.800. The maximum Gasteiger partial charge on any atom is 0.314 e. The van der Waals surface area contributed by atoms with E-state index in [-0.39, 0.29) is 23.8 Å². The van der Waals surface area contributed by atoms with Gasteiger partial charge in [0.25, 0.3) is 0 Å². The normalized spacial score (nSPS) is 43.7. The second kappa shape index (κ2) is 6.89. The molecule has 1 saturated heterocycles. The lowest BCUT2D eigenvalue weighted by Crippen LogP contribution is -2.37. The Hall–Kier alpha value is -1.32. The summed E-state index contributed by atoms with van der Waals surface area (Å²) < 4.78 is 10.1. The van der Waals surface area contributed by atoms with Crippen molar-refractivity contribution in [2.45, 2.75) is 53.4 Å². The third kappa shape index (κ3) is 3.12. The molecule has 134 valence electrons. The minimum absolute atomic E-state index is 0.0180. The Morgan fingerprint density at radius 2 is 1.54 bits per heavy atom. The van der Waals surface area contributed by atoms with Crippen LogP contribution in [0.3, 0.4) is 0 Å². The second-order valence-electron chi connectivity index (χ2n) is 8.34. The van der Waals surface area contributed by atoms with Gasteiger partial charge < -0.3 is 9.47 Å². The van der Waals surface area contributed by atoms with E-state index in [2.05, 4.69) is 27.7 Å². The minimum atomic E-state index is -0.0180. The van der Waals surface area contributed by atoms with E-state index in [0.717, 1.165) is 12.8 Å². The molecule has 0 aromatic carbocycles. The van der Waals surface area contributed by atoms with Gasteiger partial charge in [0, 0.05) is 0 Å². The van der Waals surface area contributed by atoms with Gasteiger partial charge in [0.1, 0.15) is 0 Å². The molecule has 2 heterocycles. The van der Waals surface area contributed by atoms with Crippen LogP contribution in [0.2, 0.25) is 0 Å². The van der Waals surface area contributed by atoms with Crippen molar-refractivity contribution in [2.24, 2.45) is 41.4 Å². The SMILES string of the molecule is CC1=COC(=O)C2C(C)CCC12.CC1COC(=O)C2C(C)CCC12. The van der Waals surface area contributed by atoms with E-state index in [0.29, 0.717) is 36.2 Å². The monoisotopic (exact) mass is 334 g/mol. The summed E-state index contributed by atoms with van der Waals surface area (Å²) in [5.74, 6) is 3.12. The maximum absolute atomic E-state index is 11.4. The van der Waals surface area contributed by atoms with Crippen LogP contribution in [0.25, 0.3) is 0 Å². The molecule has 4 heteroatoms. The Balaban J connectivity index is 0.000000141. The standard InChI is InChI=1S/C10H16O2.C10H14O2/c2*1-6-3-4-8-7(2)5-12-10(11)9(6)8/h6-9H,3-5H2,1-2H3;5-6,8-9H,3-4H2,1-2H3. The molecule has 4 aliphatic rings. The summed E-state index contributed by atoms with van der Waals surface area (Å²) in [6, 6.07) is 0. The molecule has 2 saturated carbocycles. The molecule has 0 aromatic heterocycles. The van der Waals surface area contributed by atoms with Gasteiger partial charge in [-0.25, -0.2) is 0 Å². The number of carbonyl (C=O) groups is 2. The topological polar surface area (TPSA) is 52.6 Å². The van der Waals surface area contributed by atoms with Gasteiger partial charge in [-0.15, -0.1) is 0 Å². The van der Waals surface area contributed by atoms with Crippen LogP contribution in [0.5, 0.6) is 0 Å². The number of cyclic esters (lactones) is 2. The highest BCUT2D eigenvalue weighted by Gasteiger charge is 2.45. The van der Waals surface area contributed by atoms with Crippen molar-refractivity contribution in [3.8, 4) is 0 Å². The van der Waals surface area contributed by atoms with Crippen LogP contribution in [0.4, 0.5) is 0 Å². The third-order valence-electron chi connectivity index (χ3n) is 6.72. The van der Waals surface area contributed by atoms with Crippen molar-refractivity contribution in [2.75, 3.05) is 6.61 Å². The molecule has 0 amide bonds. The fourth-order valence-electron chi connectivity index (χ4n) is 5.14. The van der Waals surface area contributed by atoms with E-state index in [1.165, 1.54) is 18.4 Å². The molecule has 7 unspecified atom stereocenters. The molecule has 0 N–H and O–H groups in total. The summed E-state index contributed by atoms with van der Waals surface area (Å²) in [6.45, 7) is 9.21. The molecule has 3 fully saturated rings. The summed E-state index contributed by atoms with van der Waals surface area (Å²) in [4.78, 5) is 22.8. The van der Waals surface area contributed by atoms with E-state index in [1.54, 1.807) is 6.26 Å². The molecule has 0 bridgehead atoms. The maximum atomic E-state index is 11.4. The van der Waals surface area contributed by atoms with Crippen LogP contribution in [-0.4, -0.2) is 18.5 Å². The first-order chi connectivity index (χ1) is 11.4. The summed E-state index contributed by atoms with van der Waals surface area (Å²) in [5.41, 5.74) is 1.24. The van der Waals surface area contributed by atoms with Crippen LogP contribution in [0.15, 0.2) is 11.8 Å². The second-order valence-corrected chi connectivity index (χ2v) is 8.34. The number of ether oxygens (including phenoxy) is 2. The van der Waals surface area contributed by atoms with Crippen LogP contribution in [0, 0.1) is 41.4 Å². The van der Waals surface area contributed by atoms with E-state index >= 15 is 0 Å². The molecule has 2 aliphatic carbocycles. The number of hydrogen-bond acceptors (Lipinski definition) is 4. The molecular weight excluding hydrogens is 304 g/mol. The lowest BCUT2D eigenvalue weighted by Gasteiger charge is -2.31. The number of rotatable bonds is 0. The van der Waals surface area contributed by atoms with Crippen molar-refractivity contribution in [3.63, 3.8) is 0 Å².